The van der Waals surface area contributed by atoms with Crippen molar-refractivity contribution in [3.05, 3.63) is 60.3 Å². The van der Waals surface area contributed by atoms with Crippen molar-refractivity contribution < 1.29 is 9.15 Å². The lowest BCUT2D eigenvalue weighted by atomic mass is 10.3. The summed E-state index contributed by atoms with van der Waals surface area (Å²) in [7, 11) is 1.64. The first-order chi connectivity index (χ1) is 11.2. The number of hydrogen-bond donors (Lipinski definition) is 2. The fraction of sp³-hybridized carbons (Fsp3) is 0.176. The fourth-order valence-corrected chi connectivity index (χ4v) is 2.16. The highest BCUT2D eigenvalue weighted by Gasteiger charge is 2.04. The van der Waals surface area contributed by atoms with Crippen molar-refractivity contribution in [2.24, 2.45) is 0 Å². The third-order valence-corrected chi connectivity index (χ3v) is 3.20. The van der Waals surface area contributed by atoms with Crippen molar-refractivity contribution in [2.75, 3.05) is 17.7 Å². The Labute approximate surface area is 134 Å². The van der Waals surface area contributed by atoms with Crippen LogP contribution in [0.3, 0.4) is 0 Å². The predicted molar refractivity (Wildman–Crippen MR) is 89.1 cm³/mol. The van der Waals surface area contributed by atoms with Gasteiger partial charge in [0.2, 0.25) is 0 Å². The average molecular weight is 310 g/mol. The molecular weight excluding hydrogens is 292 g/mol. The van der Waals surface area contributed by atoms with Crippen LogP contribution in [0.25, 0.3) is 0 Å². The SMILES string of the molecule is COc1cccc(Nc2cc(NCc3ccco3)nc(C)n2)c1. The van der Waals surface area contributed by atoms with Gasteiger partial charge in [-0.15, -0.1) is 0 Å². The van der Waals surface area contributed by atoms with Gasteiger partial charge in [0.05, 0.1) is 19.9 Å². The van der Waals surface area contributed by atoms with Gasteiger partial charge in [0.25, 0.3) is 0 Å². The van der Waals surface area contributed by atoms with E-state index in [-0.39, 0.29) is 0 Å². The highest BCUT2D eigenvalue weighted by Crippen LogP contribution is 2.21. The molecule has 0 saturated heterocycles. The van der Waals surface area contributed by atoms with Gasteiger partial charge in [-0.25, -0.2) is 9.97 Å². The summed E-state index contributed by atoms with van der Waals surface area (Å²) in [6, 6.07) is 13.3. The van der Waals surface area contributed by atoms with E-state index in [1.165, 1.54) is 0 Å². The summed E-state index contributed by atoms with van der Waals surface area (Å²) in [5.41, 5.74) is 0.902. The summed E-state index contributed by atoms with van der Waals surface area (Å²) in [6.45, 7) is 2.43. The number of aryl methyl sites for hydroxylation is 1. The zero-order valence-corrected chi connectivity index (χ0v) is 13.0. The third-order valence-electron chi connectivity index (χ3n) is 3.20. The maximum atomic E-state index is 5.30. The van der Waals surface area contributed by atoms with Crippen LogP contribution >= 0.6 is 0 Å². The standard InChI is InChI=1S/C17H18N4O2/c1-12-19-16(18-11-15-7-4-8-23-15)10-17(20-12)21-13-5-3-6-14(9-13)22-2/h3-10H,11H2,1-2H3,(H2,18,19,20,21). The lowest BCUT2D eigenvalue weighted by molar-refractivity contribution is 0.415. The van der Waals surface area contributed by atoms with Crippen LogP contribution in [-0.4, -0.2) is 17.1 Å². The Bertz CT molecular complexity index is 772. The number of aromatic nitrogens is 2. The maximum Gasteiger partial charge on any atom is 0.136 e. The number of furan rings is 1. The molecule has 2 N–H and O–H groups in total. The topological polar surface area (TPSA) is 72.2 Å². The summed E-state index contributed by atoms with van der Waals surface area (Å²) in [5.74, 6) is 3.77. The lowest BCUT2D eigenvalue weighted by Gasteiger charge is -2.10. The monoisotopic (exact) mass is 310 g/mol. The molecule has 0 aliphatic heterocycles. The average Bonchev–Trinajstić information content (AvgIpc) is 3.06. The second kappa shape index (κ2) is 6.83. The minimum absolute atomic E-state index is 0.571. The molecule has 6 nitrogen and oxygen atoms in total. The zero-order valence-electron chi connectivity index (χ0n) is 13.0. The molecule has 2 heterocycles. The normalized spacial score (nSPS) is 10.3. The van der Waals surface area contributed by atoms with Crippen LogP contribution in [0.5, 0.6) is 5.75 Å². The maximum absolute atomic E-state index is 5.30. The lowest BCUT2D eigenvalue weighted by Crippen LogP contribution is -2.04. The molecule has 118 valence electrons. The van der Waals surface area contributed by atoms with E-state index < -0.39 is 0 Å². The summed E-state index contributed by atoms with van der Waals surface area (Å²) < 4.78 is 10.5. The molecule has 0 spiro atoms. The van der Waals surface area contributed by atoms with Crippen LogP contribution < -0.4 is 15.4 Å². The number of nitrogens with one attached hydrogen (secondary N) is 2. The predicted octanol–water partition coefficient (Wildman–Crippen LogP) is 3.74. The first-order valence-electron chi connectivity index (χ1n) is 7.26. The van der Waals surface area contributed by atoms with Gasteiger partial charge in [0, 0.05) is 17.8 Å². The molecule has 2 aromatic heterocycles. The molecule has 1 aromatic carbocycles. The third kappa shape index (κ3) is 4.00. The molecule has 0 atom stereocenters. The molecule has 0 unspecified atom stereocenters. The molecule has 3 aromatic rings. The van der Waals surface area contributed by atoms with Crippen molar-refractivity contribution in [3.63, 3.8) is 0 Å². The Balaban J connectivity index is 1.74. The molecular formula is C17H18N4O2. The van der Waals surface area contributed by atoms with E-state index in [1.807, 2.05) is 49.4 Å². The van der Waals surface area contributed by atoms with Gasteiger partial charge in [0.1, 0.15) is 29.0 Å². The van der Waals surface area contributed by atoms with E-state index in [0.29, 0.717) is 18.2 Å². The van der Waals surface area contributed by atoms with E-state index in [4.69, 9.17) is 9.15 Å². The number of hydrogen-bond acceptors (Lipinski definition) is 6. The van der Waals surface area contributed by atoms with Crippen molar-refractivity contribution in [2.45, 2.75) is 13.5 Å². The van der Waals surface area contributed by atoms with Gasteiger partial charge in [0.15, 0.2) is 0 Å². The number of anilines is 3. The van der Waals surface area contributed by atoms with Crippen LogP contribution in [0.1, 0.15) is 11.6 Å². The van der Waals surface area contributed by atoms with Gasteiger partial charge < -0.3 is 19.8 Å². The van der Waals surface area contributed by atoms with Crippen molar-refractivity contribution >= 4 is 17.3 Å². The summed E-state index contributed by atoms with van der Waals surface area (Å²) in [4.78, 5) is 8.78. The highest BCUT2D eigenvalue weighted by atomic mass is 16.5. The second-order valence-electron chi connectivity index (χ2n) is 4.98. The van der Waals surface area contributed by atoms with E-state index in [1.54, 1.807) is 13.4 Å². The zero-order chi connectivity index (χ0) is 16.1. The number of benzene rings is 1. The van der Waals surface area contributed by atoms with Crippen molar-refractivity contribution in [1.29, 1.82) is 0 Å². The van der Waals surface area contributed by atoms with Gasteiger partial charge in [-0.2, -0.15) is 0 Å². The van der Waals surface area contributed by atoms with E-state index >= 15 is 0 Å². The van der Waals surface area contributed by atoms with Crippen LogP contribution in [-0.2, 0) is 6.54 Å². The quantitative estimate of drug-likeness (QED) is 0.722. The number of nitrogens with zero attached hydrogens (tertiary/aromatic N) is 2. The Morgan fingerprint density at radius 3 is 2.74 bits per heavy atom. The van der Waals surface area contributed by atoms with Gasteiger partial charge in [-0.3, -0.25) is 0 Å². The summed E-state index contributed by atoms with van der Waals surface area (Å²) in [6.07, 6.45) is 1.65. The first-order valence-corrected chi connectivity index (χ1v) is 7.26. The van der Waals surface area contributed by atoms with E-state index in [2.05, 4.69) is 20.6 Å². The Kier molecular flexibility index (Phi) is 4.42. The number of ether oxygens (including phenoxy) is 1. The minimum Gasteiger partial charge on any atom is -0.497 e. The molecule has 0 aliphatic rings. The Morgan fingerprint density at radius 2 is 1.96 bits per heavy atom. The number of rotatable bonds is 6. The fourth-order valence-electron chi connectivity index (χ4n) is 2.16. The van der Waals surface area contributed by atoms with Crippen molar-refractivity contribution in [1.82, 2.24) is 9.97 Å². The molecule has 3 rings (SSSR count). The molecule has 6 heteroatoms. The highest BCUT2D eigenvalue weighted by molar-refractivity contribution is 5.60. The number of methoxy groups -OCH3 is 1. The van der Waals surface area contributed by atoms with E-state index in [9.17, 15) is 0 Å². The summed E-state index contributed by atoms with van der Waals surface area (Å²) >= 11 is 0. The largest absolute Gasteiger partial charge is 0.497 e. The Morgan fingerprint density at radius 1 is 1.09 bits per heavy atom. The van der Waals surface area contributed by atoms with Crippen LogP contribution in [0.2, 0.25) is 0 Å². The van der Waals surface area contributed by atoms with Crippen LogP contribution in [0.15, 0.2) is 53.1 Å². The second-order valence-corrected chi connectivity index (χ2v) is 4.98. The van der Waals surface area contributed by atoms with Crippen LogP contribution in [0.4, 0.5) is 17.3 Å². The van der Waals surface area contributed by atoms with Crippen LogP contribution in [0, 0.1) is 6.92 Å². The van der Waals surface area contributed by atoms with E-state index in [0.717, 1.165) is 23.0 Å². The summed E-state index contributed by atoms with van der Waals surface area (Å²) in [5, 5.41) is 6.49. The van der Waals surface area contributed by atoms with Gasteiger partial charge >= 0.3 is 0 Å². The van der Waals surface area contributed by atoms with Crippen molar-refractivity contribution in [3.8, 4) is 5.75 Å². The molecule has 0 fully saturated rings. The Hall–Kier alpha value is -3.02. The first kappa shape index (κ1) is 14.9. The van der Waals surface area contributed by atoms with Gasteiger partial charge in [-0.05, 0) is 31.2 Å². The minimum atomic E-state index is 0.571. The molecule has 0 amide bonds. The molecule has 23 heavy (non-hydrogen) atoms. The molecule has 0 radical (unpaired) electrons. The molecule has 0 saturated carbocycles. The molecule has 0 aliphatic carbocycles. The smallest absolute Gasteiger partial charge is 0.136 e. The molecule has 0 bridgehead atoms. The van der Waals surface area contributed by atoms with Gasteiger partial charge in [-0.1, -0.05) is 6.07 Å².